The van der Waals surface area contributed by atoms with Crippen molar-refractivity contribution in [1.29, 1.82) is 0 Å². The number of benzene rings is 2. The summed E-state index contributed by atoms with van der Waals surface area (Å²) in [5.41, 5.74) is 9.81. The first-order valence-electron chi connectivity index (χ1n) is 5.94. The highest BCUT2D eigenvalue weighted by molar-refractivity contribution is 5.88. The number of nitrogen functional groups attached to an aromatic ring is 1. The van der Waals surface area contributed by atoms with Crippen molar-refractivity contribution >= 4 is 23.3 Å². The standard InChI is InChI=1S/C16H15NO2/c1-11(10-12-2-8-15(17)9-3-12)13-4-6-14(7-5-13)16(18)19/h2-10H,17H2,1H3,(H,18,19)/b11-10+. The van der Waals surface area contributed by atoms with Crippen LogP contribution in [0.5, 0.6) is 0 Å². The minimum absolute atomic E-state index is 0.295. The van der Waals surface area contributed by atoms with Crippen LogP contribution < -0.4 is 5.73 Å². The van der Waals surface area contributed by atoms with Gasteiger partial charge in [-0.2, -0.15) is 0 Å². The van der Waals surface area contributed by atoms with Gasteiger partial charge >= 0.3 is 5.97 Å². The SMILES string of the molecule is C/C(=C\c1ccc(N)cc1)c1ccc(C(=O)O)cc1. The highest BCUT2D eigenvalue weighted by atomic mass is 16.4. The van der Waals surface area contributed by atoms with E-state index >= 15 is 0 Å². The molecule has 0 aliphatic heterocycles. The van der Waals surface area contributed by atoms with Crippen LogP contribution in [0, 0.1) is 0 Å². The molecule has 0 saturated carbocycles. The summed E-state index contributed by atoms with van der Waals surface area (Å²) in [5.74, 6) is -0.910. The van der Waals surface area contributed by atoms with Gasteiger partial charge in [0, 0.05) is 5.69 Å². The Morgan fingerprint density at radius 3 is 2.05 bits per heavy atom. The van der Waals surface area contributed by atoms with Gasteiger partial charge in [-0.15, -0.1) is 0 Å². The van der Waals surface area contributed by atoms with Crippen LogP contribution >= 0.6 is 0 Å². The van der Waals surface area contributed by atoms with Crippen LogP contribution in [0.4, 0.5) is 5.69 Å². The number of hydrogen-bond acceptors (Lipinski definition) is 2. The van der Waals surface area contributed by atoms with Gasteiger partial charge in [0.15, 0.2) is 0 Å². The van der Waals surface area contributed by atoms with Gasteiger partial charge in [0.2, 0.25) is 0 Å². The number of nitrogens with two attached hydrogens (primary N) is 1. The molecular formula is C16H15NO2. The van der Waals surface area contributed by atoms with E-state index in [-0.39, 0.29) is 0 Å². The zero-order valence-electron chi connectivity index (χ0n) is 10.6. The van der Waals surface area contributed by atoms with Crippen molar-refractivity contribution < 1.29 is 9.90 Å². The molecule has 0 spiro atoms. The number of anilines is 1. The molecule has 0 fully saturated rings. The lowest BCUT2D eigenvalue weighted by Crippen LogP contribution is -1.95. The van der Waals surface area contributed by atoms with Crippen LogP contribution in [0.15, 0.2) is 48.5 Å². The summed E-state index contributed by atoms with van der Waals surface area (Å²) in [6.07, 6.45) is 2.04. The molecule has 96 valence electrons. The molecule has 0 unspecified atom stereocenters. The fourth-order valence-electron chi connectivity index (χ4n) is 1.80. The van der Waals surface area contributed by atoms with E-state index in [1.54, 1.807) is 12.1 Å². The molecule has 19 heavy (non-hydrogen) atoms. The molecule has 0 saturated heterocycles. The number of carbonyl (C=O) groups is 1. The number of allylic oxidation sites excluding steroid dienone is 1. The van der Waals surface area contributed by atoms with E-state index in [2.05, 4.69) is 0 Å². The first kappa shape index (κ1) is 12.9. The molecule has 0 atom stereocenters. The number of aromatic carboxylic acids is 1. The monoisotopic (exact) mass is 253 g/mol. The van der Waals surface area contributed by atoms with E-state index in [0.717, 1.165) is 22.4 Å². The van der Waals surface area contributed by atoms with E-state index in [0.29, 0.717) is 5.56 Å². The van der Waals surface area contributed by atoms with Gasteiger partial charge in [-0.1, -0.05) is 30.3 Å². The Kier molecular flexibility index (Phi) is 3.66. The number of carboxylic acids is 1. The lowest BCUT2D eigenvalue weighted by Gasteiger charge is -2.03. The van der Waals surface area contributed by atoms with Crippen molar-refractivity contribution in [1.82, 2.24) is 0 Å². The third kappa shape index (κ3) is 3.22. The van der Waals surface area contributed by atoms with Gasteiger partial charge in [-0.3, -0.25) is 0 Å². The van der Waals surface area contributed by atoms with Crippen LogP contribution in [-0.2, 0) is 0 Å². The number of hydrogen-bond donors (Lipinski definition) is 2. The Morgan fingerprint density at radius 2 is 1.53 bits per heavy atom. The summed E-state index contributed by atoms with van der Waals surface area (Å²) >= 11 is 0. The van der Waals surface area contributed by atoms with Gasteiger partial charge in [-0.05, 0) is 47.9 Å². The first-order valence-corrected chi connectivity index (χ1v) is 5.94. The molecule has 3 heteroatoms. The highest BCUT2D eigenvalue weighted by Crippen LogP contribution is 2.19. The van der Waals surface area contributed by atoms with E-state index in [9.17, 15) is 4.79 Å². The highest BCUT2D eigenvalue weighted by Gasteiger charge is 2.02. The second kappa shape index (κ2) is 5.40. The average molecular weight is 253 g/mol. The van der Waals surface area contributed by atoms with Crippen LogP contribution in [0.2, 0.25) is 0 Å². The predicted octanol–water partition coefficient (Wildman–Crippen LogP) is 3.53. The van der Waals surface area contributed by atoms with Crippen molar-refractivity contribution in [2.24, 2.45) is 0 Å². The maximum atomic E-state index is 10.8. The summed E-state index contributed by atoms with van der Waals surface area (Å²) in [4.78, 5) is 10.8. The van der Waals surface area contributed by atoms with E-state index in [4.69, 9.17) is 10.8 Å². The van der Waals surface area contributed by atoms with Gasteiger partial charge in [0.05, 0.1) is 5.56 Å². The second-order valence-electron chi connectivity index (χ2n) is 4.38. The number of carboxylic acid groups (broad SMARTS) is 1. The molecule has 0 amide bonds. The molecule has 0 aliphatic rings. The Hall–Kier alpha value is -2.55. The molecule has 0 bridgehead atoms. The molecule has 2 aromatic carbocycles. The molecule has 0 heterocycles. The third-order valence-electron chi connectivity index (χ3n) is 2.91. The van der Waals surface area contributed by atoms with Crippen LogP contribution in [0.3, 0.4) is 0 Å². The summed E-state index contributed by atoms with van der Waals surface area (Å²) < 4.78 is 0. The molecule has 3 N–H and O–H groups in total. The van der Waals surface area contributed by atoms with E-state index in [1.165, 1.54) is 0 Å². The maximum absolute atomic E-state index is 10.8. The fourth-order valence-corrected chi connectivity index (χ4v) is 1.80. The zero-order valence-corrected chi connectivity index (χ0v) is 10.6. The molecule has 0 aliphatic carbocycles. The van der Waals surface area contributed by atoms with Crippen molar-refractivity contribution in [3.05, 3.63) is 65.2 Å². The Balaban J connectivity index is 2.25. The third-order valence-corrected chi connectivity index (χ3v) is 2.91. The second-order valence-corrected chi connectivity index (χ2v) is 4.38. The topological polar surface area (TPSA) is 63.3 Å². The molecule has 2 aromatic rings. The molecular weight excluding hydrogens is 238 g/mol. The van der Waals surface area contributed by atoms with Gasteiger partial charge in [-0.25, -0.2) is 4.79 Å². The minimum Gasteiger partial charge on any atom is -0.478 e. The summed E-state index contributed by atoms with van der Waals surface area (Å²) in [6, 6.07) is 14.4. The first-order chi connectivity index (χ1) is 9.06. The quantitative estimate of drug-likeness (QED) is 0.649. The Labute approximate surface area is 112 Å². The largest absolute Gasteiger partial charge is 0.478 e. The molecule has 0 radical (unpaired) electrons. The van der Waals surface area contributed by atoms with Crippen molar-refractivity contribution in [3.8, 4) is 0 Å². The maximum Gasteiger partial charge on any atom is 0.335 e. The Bertz CT molecular complexity index is 610. The van der Waals surface area contributed by atoms with Gasteiger partial charge in [0.1, 0.15) is 0 Å². The Morgan fingerprint density at radius 1 is 1.00 bits per heavy atom. The predicted molar refractivity (Wildman–Crippen MR) is 77.8 cm³/mol. The van der Waals surface area contributed by atoms with Gasteiger partial charge in [0.25, 0.3) is 0 Å². The molecule has 0 aromatic heterocycles. The van der Waals surface area contributed by atoms with Crippen molar-refractivity contribution in [3.63, 3.8) is 0 Å². The lowest BCUT2D eigenvalue weighted by molar-refractivity contribution is 0.0697. The van der Waals surface area contributed by atoms with Crippen molar-refractivity contribution in [2.45, 2.75) is 6.92 Å². The summed E-state index contributed by atoms with van der Waals surface area (Å²) in [6.45, 7) is 1.99. The molecule has 3 nitrogen and oxygen atoms in total. The summed E-state index contributed by atoms with van der Waals surface area (Å²) in [5, 5.41) is 8.85. The van der Waals surface area contributed by atoms with Crippen LogP contribution in [0.25, 0.3) is 11.6 Å². The number of rotatable bonds is 3. The van der Waals surface area contributed by atoms with Crippen LogP contribution in [-0.4, -0.2) is 11.1 Å². The normalized spacial score (nSPS) is 11.3. The van der Waals surface area contributed by atoms with E-state index in [1.807, 2.05) is 49.4 Å². The van der Waals surface area contributed by atoms with E-state index < -0.39 is 5.97 Å². The van der Waals surface area contributed by atoms with Gasteiger partial charge < -0.3 is 10.8 Å². The van der Waals surface area contributed by atoms with Crippen LogP contribution in [0.1, 0.15) is 28.4 Å². The summed E-state index contributed by atoms with van der Waals surface area (Å²) in [7, 11) is 0. The minimum atomic E-state index is -0.910. The zero-order chi connectivity index (χ0) is 13.8. The average Bonchev–Trinajstić information content (AvgIpc) is 2.41. The molecule has 2 rings (SSSR count). The lowest BCUT2D eigenvalue weighted by atomic mass is 10.0. The van der Waals surface area contributed by atoms with Crippen molar-refractivity contribution in [2.75, 3.05) is 5.73 Å². The smallest absolute Gasteiger partial charge is 0.335 e. The fraction of sp³-hybridized carbons (Fsp3) is 0.0625.